The van der Waals surface area contributed by atoms with E-state index in [9.17, 15) is 22.8 Å². The van der Waals surface area contributed by atoms with E-state index in [4.69, 9.17) is 0 Å². The maximum absolute atomic E-state index is 13.0. The third-order valence-electron chi connectivity index (χ3n) is 4.54. The predicted molar refractivity (Wildman–Crippen MR) is 122 cm³/mol. The maximum atomic E-state index is 13.0. The zero-order chi connectivity index (χ0) is 23.5. The van der Waals surface area contributed by atoms with Gasteiger partial charge in [-0.2, -0.15) is 13.2 Å². The summed E-state index contributed by atoms with van der Waals surface area (Å²) >= 11 is 3.32. The number of para-hydroxylation sites is 1. The van der Waals surface area contributed by atoms with E-state index < -0.39 is 28.8 Å². The van der Waals surface area contributed by atoms with Crippen molar-refractivity contribution in [2.45, 2.75) is 19.6 Å². The minimum atomic E-state index is -4.70. The van der Waals surface area contributed by atoms with Gasteiger partial charge < -0.3 is 4.57 Å². The molecule has 164 valence electrons. The predicted octanol–water partition coefficient (Wildman–Crippen LogP) is 6.06. The number of fused-ring (bicyclic) bond motifs is 1. The van der Waals surface area contributed by atoms with Crippen LogP contribution in [-0.2, 0) is 12.7 Å². The summed E-state index contributed by atoms with van der Waals surface area (Å²) in [4.78, 5) is 29.4. The van der Waals surface area contributed by atoms with Crippen molar-refractivity contribution in [2.24, 2.45) is 0 Å². The minimum Gasteiger partial charge on any atom is -0.342 e. The van der Waals surface area contributed by atoms with Crippen LogP contribution in [-0.4, -0.2) is 15.3 Å². The Bertz CT molecular complexity index is 1320. The Labute approximate surface area is 190 Å². The Kier molecular flexibility index (Phi) is 6.93. The Morgan fingerprint density at radius 3 is 2.59 bits per heavy atom. The highest BCUT2D eigenvalue weighted by molar-refractivity contribution is 9.11. The van der Waals surface area contributed by atoms with Crippen molar-refractivity contribution in [1.29, 1.82) is 0 Å². The number of nitrogens with zero attached hydrogens (tertiary/aromatic N) is 2. The number of hydrogen-bond acceptors (Lipinski definition) is 3. The van der Waals surface area contributed by atoms with Gasteiger partial charge in [0.25, 0.3) is 0 Å². The van der Waals surface area contributed by atoms with Crippen LogP contribution in [0.25, 0.3) is 10.9 Å². The number of carbonyl (C=O) groups excluding carboxylic acids is 1. The number of rotatable bonds is 6. The summed E-state index contributed by atoms with van der Waals surface area (Å²) in [7, 11) is 0. The van der Waals surface area contributed by atoms with Gasteiger partial charge in [-0.15, -0.1) is 0 Å². The number of hydrogen-bond donors (Lipinski definition) is 0. The molecule has 0 saturated heterocycles. The normalized spacial score (nSPS) is 12.5. The Balaban J connectivity index is 2.09. The molecule has 2 heterocycles. The number of benzene rings is 1. The topological polar surface area (TPSA) is 52.0 Å². The molecule has 2 aromatic heterocycles. The van der Waals surface area contributed by atoms with E-state index >= 15 is 0 Å². The second-order valence-electron chi connectivity index (χ2n) is 7.02. The number of halogens is 4. The molecule has 0 atom stereocenters. The third kappa shape index (κ3) is 5.31. The smallest absolute Gasteiger partial charge is 0.342 e. The van der Waals surface area contributed by atoms with Crippen LogP contribution in [0.5, 0.6) is 0 Å². The van der Waals surface area contributed by atoms with Gasteiger partial charge in [-0.05, 0) is 41.2 Å². The largest absolute Gasteiger partial charge is 0.433 e. The number of allylic oxidation sites excluding steroid dienone is 5. The molecule has 0 fully saturated rings. The van der Waals surface area contributed by atoms with Crippen molar-refractivity contribution in [2.75, 3.05) is 0 Å². The van der Waals surface area contributed by atoms with Crippen molar-refractivity contribution in [1.82, 2.24) is 9.55 Å². The van der Waals surface area contributed by atoms with Crippen LogP contribution in [0.3, 0.4) is 0 Å². The highest BCUT2D eigenvalue weighted by atomic mass is 79.9. The zero-order valence-electron chi connectivity index (χ0n) is 17.0. The molecule has 0 radical (unpaired) electrons. The molecule has 0 bridgehead atoms. The van der Waals surface area contributed by atoms with Gasteiger partial charge in [-0.1, -0.05) is 58.9 Å². The number of ketones is 1. The van der Waals surface area contributed by atoms with Gasteiger partial charge in [0.15, 0.2) is 0 Å². The lowest BCUT2D eigenvalue weighted by molar-refractivity contribution is -0.141. The Morgan fingerprint density at radius 1 is 1.19 bits per heavy atom. The fourth-order valence-corrected chi connectivity index (χ4v) is 3.24. The molecule has 0 aliphatic rings. The van der Waals surface area contributed by atoms with E-state index in [2.05, 4.69) is 27.5 Å². The Hall–Kier alpha value is -3.26. The summed E-state index contributed by atoms with van der Waals surface area (Å²) < 4.78 is 41.7. The molecule has 0 N–H and O–H groups in total. The molecule has 3 rings (SSSR count). The second kappa shape index (κ2) is 9.48. The highest BCUT2D eigenvalue weighted by Crippen LogP contribution is 2.27. The lowest BCUT2D eigenvalue weighted by atomic mass is 10.0. The highest BCUT2D eigenvalue weighted by Gasteiger charge is 2.33. The van der Waals surface area contributed by atoms with Crippen LogP contribution in [0.4, 0.5) is 13.2 Å². The van der Waals surface area contributed by atoms with Gasteiger partial charge >= 0.3 is 6.18 Å². The van der Waals surface area contributed by atoms with Crippen LogP contribution in [0.15, 0.2) is 88.3 Å². The molecular formula is C24H18BrF3N2O2. The van der Waals surface area contributed by atoms with Crippen molar-refractivity contribution < 1.29 is 18.0 Å². The molecule has 0 spiro atoms. The number of pyridine rings is 2. The van der Waals surface area contributed by atoms with Crippen LogP contribution in [0.2, 0.25) is 0 Å². The fraction of sp³-hybridized carbons (Fsp3) is 0.125. The molecule has 0 aliphatic heterocycles. The van der Waals surface area contributed by atoms with Gasteiger partial charge in [0, 0.05) is 18.1 Å². The average Bonchev–Trinajstić information content (AvgIpc) is 2.74. The molecule has 0 unspecified atom stereocenters. The molecule has 3 aromatic rings. The number of alkyl halides is 3. The summed E-state index contributed by atoms with van der Waals surface area (Å²) in [5.41, 5.74) is -1.20. The first-order valence-corrected chi connectivity index (χ1v) is 10.3. The molecule has 0 aliphatic carbocycles. The number of aromatic nitrogens is 2. The van der Waals surface area contributed by atoms with Gasteiger partial charge in [-0.25, -0.2) is 4.98 Å². The first kappa shape index (κ1) is 23.4. The number of carbonyl (C=O) groups is 1. The van der Waals surface area contributed by atoms with Gasteiger partial charge in [-0.3, -0.25) is 9.59 Å². The third-order valence-corrected chi connectivity index (χ3v) is 4.80. The van der Waals surface area contributed by atoms with E-state index in [1.165, 1.54) is 6.20 Å². The van der Waals surface area contributed by atoms with Crippen LogP contribution < -0.4 is 5.43 Å². The van der Waals surface area contributed by atoms with Gasteiger partial charge in [0.1, 0.15) is 11.4 Å². The summed E-state index contributed by atoms with van der Waals surface area (Å²) in [6, 6.07) is 9.73. The molecule has 1 aromatic carbocycles. The summed E-state index contributed by atoms with van der Waals surface area (Å²) in [6.07, 6.45) is 2.07. The molecule has 0 saturated carbocycles. The van der Waals surface area contributed by atoms with Crippen molar-refractivity contribution in [3.05, 3.63) is 111 Å². The van der Waals surface area contributed by atoms with Crippen LogP contribution in [0, 0.1) is 0 Å². The average molecular weight is 503 g/mol. The van der Waals surface area contributed by atoms with Crippen LogP contribution >= 0.6 is 15.9 Å². The van der Waals surface area contributed by atoms with Crippen molar-refractivity contribution in [3.8, 4) is 0 Å². The Morgan fingerprint density at radius 2 is 1.91 bits per heavy atom. The van der Waals surface area contributed by atoms with Crippen molar-refractivity contribution >= 4 is 32.6 Å². The molecular weight excluding hydrogens is 485 g/mol. The first-order chi connectivity index (χ1) is 15.1. The van der Waals surface area contributed by atoms with E-state index in [1.54, 1.807) is 41.0 Å². The molecule has 0 amide bonds. The van der Waals surface area contributed by atoms with Crippen molar-refractivity contribution in [3.63, 3.8) is 0 Å². The fourth-order valence-electron chi connectivity index (χ4n) is 3.08. The maximum Gasteiger partial charge on any atom is 0.433 e. The summed E-state index contributed by atoms with van der Waals surface area (Å²) in [5, 5.41) is 0.276. The first-order valence-electron chi connectivity index (χ1n) is 9.47. The summed E-state index contributed by atoms with van der Waals surface area (Å²) in [6.45, 7) is 6.14. The molecule has 8 heteroatoms. The van der Waals surface area contributed by atoms with Gasteiger partial charge in [0.05, 0.1) is 11.1 Å². The van der Waals surface area contributed by atoms with Crippen LogP contribution in [0.1, 0.15) is 28.7 Å². The lowest BCUT2D eigenvalue weighted by Gasteiger charge is -2.13. The lowest BCUT2D eigenvalue weighted by Crippen LogP contribution is -2.21. The van der Waals surface area contributed by atoms with E-state index in [1.807, 2.05) is 13.0 Å². The van der Waals surface area contributed by atoms with E-state index in [-0.39, 0.29) is 17.5 Å². The van der Waals surface area contributed by atoms with E-state index in [0.29, 0.717) is 11.1 Å². The quantitative estimate of drug-likeness (QED) is 0.304. The standard InChI is InChI=1S/C24H18BrF3N2O2/c1-15(7-5-8-16(2)25)13-30-14-18(22(31)17-9-3-4-11-20(17)30)23(32)19-10-6-12-21(29-19)24(26,27)28/h3-12,14H,1,13H2,2H3/b7-5-,16-8+. The molecule has 4 nitrogen and oxygen atoms in total. The van der Waals surface area contributed by atoms with E-state index in [0.717, 1.165) is 22.7 Å². The summed E-state index contributed by atoms with van der Waals surface area (Å²) in [5.74, 6) is -0.875. The zero-order valence-corrected chi connectivity index (χ0v) is 18.6. The molecule has 32 heavy (non-hydrogen) atoms. The SMILES string of the molecule is C=C(/C=C\C=C(/C)Br)Cn1cc(C(=O)c2cccc(C(F)(F)F)n2)c(=O)c2ccccc21. The minimum absolute atomic E-state index is 0.261. The second-order valence-corrected chi connectivity index (χ2v) is 8.27. The van der Waals surface area contributed by atoms with Gasteiger partial charge in [0.2, 0.25) is 11.2 Å². The monoisotopic (exact) mass is 502 g/mol.